The first-order valence-electron chi connectivity index (χ1n) is 3.44. The molecule has 0 fully saturated rings. The monoisotopic (exact) mass is 154 g/mol. The number of aliphatic hydroxyl groups is 1. The Balaban J connectivity index is 4.00. The summed E-state index contributed by atoms with van der Waals surface area (Å²) < 4.78 is 5.13. The Morgan fingerprint density at radius 3 is 2.64 bits per heavy atom. The molecule has 0 aliphatic rings. The number of aliphatic hydroxyl groups excluding tert-OH is 1. The predicted molar refractivity (Wildman–Crippen MR) is 46.1 cm³/mol. The summed E-state index contributed by atoms with van der Waals surface area (Å²) in [4.78, 5) is 0. The molecular formula is C9H14O2. The smallest absolute Gasteiger partial charge is 0.121 e. The van der Waals surface area contributed by atoms with Crippen LogP contribution < -0.4 is 0 Å². The fraction of sp³-hybridized carbons (Fsp3) is 0.333. The first kappa shape index (κ1) is 9.98. The molecule has 0 aromatic heterocycles. The first-order chi connectivity index (χ1) is 5.22. The van der Waals surface area contributed by atoms with Crippen molar-refractivity contribution in [2.24, 2.45) is 0 Å². The average Bonchev–Trinajstić information content (AvgIpc) is 1.97. The number of hydrogen-bond donors (Lipinski definition) is 1. The molecule has 1 N–H and O–H groups in total. The molecule has 2 nitrogen and oxygen atoms in total. The molecule has 0 saturated heterocycles. The van der Waals surface area contributed by atoms with Gasteiger partial charge in [0, 0.05) is 0 Å². The molecule has 0 spiro atoms. The lowest BCUT2D eigenvalue weighted by Crippen LogP contribution is -1.99. The Morgan fingerprint density at radius 1 is 1.64 bits per heavy atom. The molecule has 0 heterocycles. The van der Waals surface area contributed by atoms with E-state index in [1.165, 1.54) is 0 Å². The molecule has 0 unspecified atom stereocenters. The minimum atomic E-state index is 0.0156. The van der Waals surface area contributed by atoms with Gasteiger partial charge in [0.2, 0.25) is 0 Å². The van der Waals surface area contributed by atoms with Gasteiger partial charge in [-0.1, -0.05) is 19.2 Å². The summed E-state index contributed by atoms with van der Waals surface area (Å²) in [6, 6.07) is 0. The molecule has 0 aliphatic carbocycles. The van der Waals surface area contributed by atoms with Crippen molar-refractivity contribution in [3.05, 3.63) is 36.6 Å². The second kappa shape index (κ2) is 5.74. The van der Waals surface area contributed by atoms with Gasteiger partial charge in [0.15, 0.2) is 0 Å². The fourth-order valence-electron chi connectivity index (χ4n) is 0.576. The van der Waals surface area contributed by atoms with E-state index < -0.39 is 0 Å². The Morgan fingerprint density at radius 2 is 2.27 bits per heavy atom. The third-order valence-electron chi connectivity index (χ3n) is 1.04. The lowest BCUT2D eigenvalue weighted by Gasteiger charge is -2.07. The molecule has 0 aromatic carbocycles. The van der Waals surface area contributed by atoms with Crippen LogP contribution in [0.25, 0.3) is 0 Å². The normalized spacial score (nSPS) is 10.9. The van der Waals surface area contributed by atoms with Crippen LogP contribution in [0, 0.1) is 0 Å². The summed E-state index contributed by atoms with van der Waals surface area (Å²) in [7, 11) is 0. The molecule has 2 heteroatoms. The third-order valence-corrected chi connectivity index (χ3v) is 1.04. The van der Waals surface area contributed by atoms with Crippen LogP contribution in [-0.4, -0.2) is 18.3 Å². The zero-order valence-corrected chi connectivity index (χ0v) is 6.84. The highest BCUT2D eigenvalue weighted by molar-refractivity contribution is 5.23. The van der Waals surface area contributed by atoms with Gasteiger partial charge in [-0.05, 0) is 18.6 Å². The molecule has 0 aromatic rings. The zero-order chi connectivity index (χ0) is 8.69. The van der Waals surface area contributed by atoms with E-state index >= 15 is 0 Å². The van der Waals surface area contributed by atoms with Crippen molar-refractivity contribution in [3.8, 4) is 0 Å². The average molecular weight is 154 g/mol. The summed E-state index contributed by atoms with van der Waals surface area (Å²) >= 11 is 0. The third kappa shape index (κ3) is 4.39. The van der Waals surface area contributed by atoms with Crippen molar-refractivity contribution in [2.45, 2.75) is 6.92 Å². The number of rotatable bonds is 5. The zero-order valence-electron chi connectivity index (χ0n) is 6.84. The first-order valence-corrected chi connectivity index (χ1v) is 3.44. The van der Waals surface area contributed by atoms with E-state index in [0.717, 1.165) is 5.57 Å². The summed E-state index contributed by atoms with van der Waals surface area (Å²) in [6.07, 6.45) is 3.35. The topological polar surface area (TPSA) is 29.5 Å². The predicted octanol–water partition coefficient (Wildman–Crippen LogP) is 1.64. The molecule has 0 aliphatic heterocycles. The lowest BCUT2D eigenvalue weighted by atomic mass is 10.2. The van der Waals surface area contributed by atoms with Crippen LogP contribution in [0.3, 0.4) is 0 Å². The van der Waals surface area contributed by atoms with Gasteiger partial charge < -0.3 is 9.84 Å². The van der Waals surface area contributed by atoms with E-state index in [4.69, 9.17) is 9.84 Å². The standard InChI is InChI=1S/C9H14O2/c1-4-5-9(8(2)3)11-7-6-10/h4-5,10H,1-2,6-7H2,3H3/b9-5+. The highest BCUT2D eigenvalue weighted by atomic mass is 16.5. The Kier molecular flexibility index (Phi) is 5.21. The van der Waals surface area contributed by atoms with E-state index in [0.29, 0.717) is 12.4 Å². The quantitative estimate of drug-likeness (QED) is 0.482. The molecule has 0 radical (unpaired) electrons. The van der Waals surface area contributed by atoms with E-state index in [1.807, 2.05) is 6.92 Å². The summed E-state index contributed by atoms with van der Waals surface area (Å²) in [5.74, 6) is 0.675. The molecule has 0 saturated carbocycles. The molecular weight excluding hydrogens is 140 g/mol. The largest absolute Gasteiger partial charge is 0.491 e. The highest BCUT2D eigenvalue weighted by Crippen LogP contribution is 2.07. The van der Waals surface area contributed by atoms with E-state index in [-0.39, 0.29) is 6.61 Å². The second-order valence-electron chi connectivity index (χ2n) is 2.12. The molecule has 0 bridgehead atoms. The Labute approximate surface area is 67.5 Å². The van der Waals surface area contributed by atoms with Crippen LogP contribution in [0.2, 0.25) is 0 Å². The second-order valence-corrected chi connectivity index (χ2v) is 2.12. The molecule has 0 amide bonds. The van der Waals surface area contributed by atoms with Crippen LogP contribution in [0.5, 0.6) is 0 Å². The molecule has 11 heavy (non-hydrogen) atoms. The molecule has 62 valence electrons. The molecule has 0 rings (SSSR count). The Hall–Kier alpha value is -1.02. The van der Waals surface area contributed by atoms with Crippen molar-refractivity contribution in [1.82, 2.24) is 0 Å². The minimum Gasteiger partial charge on any atom is -0.491 e. The van der Waals surface area contributed by atoms with E-state index in [2.05, 4.69) is 13.2 Å². The fourth-order valence-corrected chi connectivity index (χ4v) is 0.576. The van der Waals surface area contributed by atoms with Crippen LogP contribution in [0.4, 0.5) is 0 Å². The van der Waals surface area contributed by atoms with Crippen LogP contribution in [-0.2, 0) is 4.74 Å². The van der Waals surface area contributed by atoms with Crippen molar-refractivity contribution < 1.29 is 9.84 Å². The van der Waals surface area contributed by atoms with Gasteiger partial charge in [-0.15, -0.1) is 0 Å². The van der Waals surface area contributed by atoms with Gasteiger partial charge in [-0.2, -0.15) is 0 Å². The maximum Gasteiger partial charge on any atom is 0.121 e. The van der Waals surface area contributed by atoms with Gasteiger partial charge in [-0.3, -0.25) is 0 Å². The Bertz CT molecular complexity index is 168. The molecule has 0 atom stereocenters. The van der Waals surface area contributed by atoms with Crippen molar-refractivity contribution >= 4 is 0 Å². The number of allylic oxidation sites excluding steroid dienone is 3. The minimum absolute atomic E-state index is 0.0156. The van der Waals surface area contributed by atoms with E-state index in [1.54, 1.807) is 12.2 Å². The maximum absolute atomic E-state index is 8.46. The van der Waals surface area contributed by atoms with Crippen LogP contribution in [0.15, 0.2) is 36.6 Å². The van der Waals surface area contributed by atoms with E-state index in [9.17, 15) is 0 Å². The summed E-state index contributed by atoms with van der Waals surface area (Å²) in [5.41, 5.74) is 0.832. The van der Waals surface area contributed by atoms with Crippen molar-refractivity contribution in [2.75, 3.05) is 13.2 Å². The maximum atomic E-state index is 8.46. The lowest BCUT2D eigenvalue weighted by molar-refractivity contribution is 0.150. The van der Waals surface area contributed by atoms with Crippen molar-refractivity contribution in [1.29, 1.82) is 0 Å². The van der Waals surface area contributed by atoms with Crippen molar-refractivity contribution in [3.63, 3.8) is 0 Å². The summed E-state index contributed by atoms with van der Waals surface area (Å²) in [6.45, 7) is 9.39. The van der Waals surface area contributed by atoms with Crippen LogP contribution >= 0.6 is 0 Å². The van der Waals surface area contributed by atoms with Gasteiger partial charge in [0.25, 0.3) is 0 Å². The number of hydrogen-bond acceptors (Lipinski definition) is 2. The highest BCUT2D eigenvalue weighted by Gasteiger charge is 1.95. The van der Waals surface area contributed by atoms with Gasteiger partial charge in [-0.25, -0.2) is 0 Å². The SMILES string of the molecule is C=C/C=C(/OCCO)C(=C)C. The van der Waals surface area contributed by atoms with Gasteiger partial charge in [0.1, 0.15) is 12.4 Å². The van der Waals surface area contributed by atoms with Gasteiger partial charge >= 0.3 is 0 Å². The van der Waals surface area contributed by atoms with Crippen LogP contribution in [0.1, 0.15) is 6.92 Å². The van der Waals surface area contributed by atoms with Gasteiger partial charge in [0.05, 0.1) is 6.61 Å². The number of ether oxygens (including phenoxy) is 1. The summed E-state index contributed by atoms with van der Waals surface area (Å²) in [5, 5.41) is 8.46.